The summed E-state index contributed by atoms with van der Waals surface area (Å²) in [6.45, 7) is 5.53. The predicted octanol–water partition coefficient (Wildman–Crippen LogP) is 4.28. The molecule has 0 atom stereocenters. The average molecular weight is 428 g/mol. The minimum Gasteiger partial charge on any atom is -0.481 e. The van der Waals surface area contributed by atoms with Crippen molar-refractivity contribution in [2.75, 3.05) is 12.8 Å². The number of aliphatic carboxylic acids is 1. The molecule has 0 spiro atoms. The summed E-state index contributed by atoms with van der Waals surface area (Å²) in [5.74, 6) is -1.23. The van der Waals surface area contributed by atoms with Gasteiger partial charge in [0, 0.05) is 19.0 Å². The van der Waals surface area contributed by atoms with Gasteiger partial charge in [0.15, 0.2) is 0 Å². The number of hydrogen-bond acceptors (Lipinski definition) is 7. The van der Waals surface area contributed by atoms with E-state index in [9.17, 15) is 14.0 Å². The monoisotopic (exact) mass is 427 g/mol. The Morgan fingerprint density at radius 2 is 2.11 bits per heavy atom. The largest absolute Gasteiger partial charge is 0.481 e. The number of carboxylic acids is 1. The fraction of sp³-hybridized carbons (Fsp3) is 0.444. The molecule has 152 valence electrons. The SMILES string of the molecule is CN(Cc1nc(-c2cccnc2F)c(SCCC(=O)O)s1)C(=O)OC(C)(C)C. The number of pyridine rings is 1. The second-order valence-electron chi connectivity index (χ2n) is 6.91. The van der Waals surface area contributed by atoms with E-state index in [1.54, 1.807) is 40.0 Å². The summed E-state index contributed by atoms with van der Waals surface area (Å²) in [6.07, 6.45) is 0.835. The van der Waals surface area contributed by atoms with Crippen LogP contribution in [0.2, 0.25) is 0 Å². The number of ether oxygens (including phenoxy) is 1. The van der Waals surface area contributed by atoms with Gasteiger partial charge < -0.3 is 14.7 Å². The lowest BCUT2D eigenvalue weighted by molar-refractivity contribution is -0.136. The Kier molecular flexibility index (Phi) is 7.36. The number of thiazole rings is 1. The minimum absolute atomic E-state index is 0.0231. The fourth-order valence-corrected chi connectivity index (χ4v) is 4.48. The topological polar surface area (TPSA) is 92.6 Å². The third-order valence-electron chi connectivity index (χ3n) is 3.28. The van der Waals surface area contributed by atoms with E-state index in [-0.39, 0.29) is 18.5 Å². The van der Waals surface area contributed by atoms with Crippen molar-refractivity contribution in [3.05, 3.63) is 29.3 Å². The maximum atomic E-state index is 14.2. The van der Waals surface area contributed by atoms with Gasteiger partial charge in [0.05, 0.1) is 28.4 Å². The number of nitrogens with zero attached hydrogens (tertiary/aromatic N) is 3. The highest BCUT2D eigenvalue weighted by Gasteiger charge is 2.22. The zero-order valence-corrected chi connectivity index (χ0v) is 17.7. The minimum atomic E-state index is -0.906. The first-order chi connectivity index (χ1) is 13.1. The Morgan fingerprint density at radius 1 is 1.39 bits per heavy atom. The van der Waals surface area contributed by atoms with E-state index in [4.69, 9.17) is 9.84 Å². The van der Waals surface area contributed by atoms with E-state index in [0.717, 1.165) is 0 Å². The summed E-state index contributed by atoms with van der Waals surface area (Å²) >= 11 is 2.58. The molecule has 0 aromatic carbocycles. The standard InChI is InChI=1S/C18H22FN3O4S2/c1-18(2,3)26-17(25)22(4)10-12-21-14(11-6-5-8-20-15(11)19)16(28-12)27-9-7-13(23)24/h5-6,8H,7,9-10H2,1-4H3,(H,23,24). The molecule has 0 saturated heterocycles. The second-order valence-corrected chi connectivity index (χ2v) is 9.36. The molecule has 2 aromatic rings. The lowest BCUT2D eigenvalue weighted by atomic mass is 10.2. The first-order valence-electron chi connectivity index (χ1n) is 8.46. The van der Waals surface area contributed by atoms with Gasteiger partial charge in [-0.05, 0) is 32.9 Å². The van der Waals surface area contributed by atoms with Crippen molar-refractivity contribution in [1.29, 1.82) is 0 Å². The van der Waals surface area contributed by atoms with Gasteiger partial charge >= 0.3 is 12.1 Å². The van der Waals surface area contributed by atoms with Crippen LogP contribution in [0.1, 0.15) is 32.2 Å². The van der Waals surface area contributed by atoms with Crippen molar-refractivity contribution >= 4 is 35.2 Å². The van der Waals surface area contributed by atoms with Crippen LogP contribution in [0.5, 0.6) is 0 Å². The van der Waals surface area contributed by atoms with Crippen molar-refractivity contribution in [2.24, 2.45) is 0 Å². The van der Waals surface area contributed by atoms with Crippen molar-refractivity contribution in [3.8, 4) is 11.3 Å². The number of hydrogen-bond donors (Lipinski definition) is 1. The first kappa shape index (κ1) is 22.1. The summed E-state index contributed by atoms with van der Waals surface area (Å²) in [7, 11) is 1.59. The average Bonchev–Trinajstić information content (AvgIpc) is 2.95. The molecule has 1 N–H and O–H groups in total. The summed E-state index contributed by atoms with van der Waals surface area (Å²) in [5, 5.41) is 9.43. The molecule has 0 unspecified atom stereocenters. The van der Waals surface area contributed by atoms with E-state index in [2.05, 4.69) is 9.97 Å². The lowest BCUT2D eigenvalue weighted by Crippen LogP contribution is -2.33. The van der Waals surface area contributed by atoms with Crippen molar-refractivity contribution in [3.63, 3.8) is 0 Å². The molecule has 0 bridgehead atoms. The van der Waals surface area contributed by atoms with Gasteiger partial charge in [0.2, 0.25) is 5.95 Å². The Hall–Kier alpha value is -2.20. The van der Waals surface area contributed by atoms with E-state index in [1.165, 1.54) is 34.2 Å². The van der Waals surface area contributed by atoms with Crippen LogP contribution < -0.4 is 0 Å². The normalized spacial score (nSPS) is 11.3. The van der Waals surface area contributed by atoms with Crippen LogP contribution in [0.3, 0.4) is 0 Å². The van der Waals surface area contributed by atoms with E-state index in [1.807, 2.05) is 0 Å². The van der Waals surface area contributed by atoms with Crippen molar-refractivity contribution in [1.82, 2.24) is 14.9 Å². The molecule has 0 fully saturated rings. The maximum absolute atomic E-state index is 14.2. The summed E-state index contributed by atoms with van der Waals surface area (Å²) in [5.41, 5.74) is 0.0251. The number of aromatic nitrogens is 2. The van der Waals surface area contributed by atoms with Gasteiger partial charge in [-0.3, -0.25) is 4.79 Å². The summed E-state index contributed by atoms with van der Waals surface area (Å²) in [4.78, 5) is 32.5. The van der Waals surface area contributed by atoms with Crippen LogP contribution in [-0.2, 0) is 16.1 Å². The molecule has 0 aliphatic carbocycles. The van der Waals surface area contributed by atoms with Crippen LogP contribution in [-0.4, -0.2) is 50.4 Å². The zero-order chi connectivity index (χ0) is 20.9. The van der Waals surface area contributed by atoms with E-state index in [0.29, 0.717) is 20.7 Å². The van der Waals surface area contributed by atoms with Gasteiger partial charge in [-0.2, -0.15) is 4.39 Å². The van der Waals surface area contributed by atoms with Crippen LogP contribution in [0, 0.1) is 5.95 Å². The number of thioether (sulfide) groups is 1. The highest BCUT2D eigenvalue weighted by Crippen LogP contribution is 2.37. The van der Waals surface area contributed by atoms with Crippen molar-refractivity contribution < 1.29 is 23.8 Å². The molecule has 0 aliphatic rings. The maximum Gasteiger partial charge on any atom is 0.410 e. The number of halogens is 1. The Labute approximate surface area is 170 Å². The summed E-state index contributed by atoms with van der Waals surface area (Å²) in [6, 6.07) is 3.18. The van der Waals surface area contributed by atoms with Gasteiger partial charge in [-0.25, -0.2) is 14.8 Å². The molecule has 2 rings (SSSR count). The van der Waals surface area contributed by atoms with Gasteiger partial charge in [0.25, 0.3) is 0 Å². The Morgan fingerprint density at radius 3 is 2.71 bits per heavy atom. The Bertz CT molecular complexity index is 852. The zero-order valence-electron chi connectivity index (χ0n) is 16.1. The number of carboxylic acid groups (broad SMARTS) is 1. The number of amides is 1. The highest BCUT2D eigenvalue weighted by molar-refractivity contribution is 8.01. The number of rotatable bonds is 7. The van der Waals surface area contributed by atoms with Crippen molar-refractivity contribution in [2.45, 2.75) is 43.5 Å². The molecule has 2 heterocycles. The van der Waals surface area contributed by atoms with Crippen LogP contribution in [0.15, 0.2) is 22.5 Å². The van der Waals surface area contributed by atoms with E-state index < -0.39 is 23.6 Å². The van der Waals surface area contributed by atoms with E-state index >= 15 is 0 Å². The molecular weight excluding hydrogens is 405 g/mol. The van der Waals surface area contributed by atoms with Crippen LogP contribution >= 0.6 is 23.1 Å². The summed E-state index contributed by atoms with van der Waals surface area (Å²) < 4.78 is 20.2. The number of carbonyl (C=O) groups excluding carboxylic acids is 1. The van der Waals surface area contributed by atoms with Gasteiger partial charge in [-0.1, -0.05) is 0 Å². The third-order valence-corrected chi connectivity index (χ3v) is 5.58. The molecule has 0 radical (unpaired) electrons. The second kappa shape index (κ2) is 9.33. The molecule has 0 saturated carbocycles. The van der Waals surface area contributed by atoms with Crippen LogP contribution in [0.4, 0.5) is 9.18 Å². The van der Waals surface area contributed by atoms with Gasteiger partial charge in [-0.15, -0.1) is 23.1 Å². The predicted molar refractivity (Wildman–Crippen MR) is 106 cm³/mol. The molecule has 10 heteroatoms. The van der Waals surface area contributed by atoms with Gasteiger partial charge in [0.1, 0.15) is 10.6 Å². The molecule has 7 nitrogen and oxygen atoms in total. The molecule has 2 aromatic heterocycles. The Balaban J connectivity index is 2.24. The fourth-order valence-electron chi connectivity index (χ4n) is 2.09. The molecule has 1 amide bonds. The highest BCUT2D eigenvalue weighted by atomic mass is 32.2. The molecular formula is C18H22FN3O4S2. The first-order valence-corrected chi connectivity index (χ1v) is 10.3. The third kappa shape index (κ3) is 6.45. The molecule has 0 aliphatic heterocycles. The smallest absolute Gasteiger partial charge is 0.410 e. The molecule has 28 heavy (non-hydrogen) atoms. The van der Waals surface area contributed by atoms with Crippen LogP contribution in [0.25, 0.3) is 11.3 Å². The quantitative estimate of drug-likeness (QED) is 0.521. The number of carbonyl (C=O) groups is 2. The lowest BCUT2D eigenvalue weighted by Gasteiger charge is -2.24.